The van der Waals surface area contributed by atoms with E-state index in [0.29, 0.717) is 18.4 Å². The summed E-state index contributed by atoms with van der Waals surface area (Å²) in [5.74, 6) is -0.252. The minimum atomic E-state index is -0.471. The zero-order valence-corrected chi connectivity index (χ0v) is 14.9. The highest BCUT2D eigenvalue weighted by atomic mass is 16.6. The highest BCUT2D eigenvalue weighted by Gasteiger charge is 2.56. The lowest BCUT2D eigenvalue weighted by Gasteiger charge is -2.20. The lowest BCUT2D eigenvalue weighted by molar-refractivity contribution is -0.139. The number of esters is 1. The van der Waals surface area contributed by atoms with Gasteiger partial charge in [-0.1, -0.05) is 24.3 Å². The van der Waals surface area contributed by atoms with Crippen molar-refractivity contribution >= 4 is 5.97 Å². The Labute approximate surface area is 144 Å². The summed E-state index contributed by atoms with van der Waals surface area (Å²) >= 11 is 0. The number of allylic oxidation sites excluding steroid dienone is 3. The van der Waals surface area contributed by atoms with Crippen LogP contribution in [0.5, 0.6) is 0 Å². The van der Waals surface area contributed by atoms with Crippen LogP contribution in [0.2, 0.25) is 0 Å². The van der Waals surface area contributed by atoms with E-state index >= 15 is 0 Å². The van der Waals surface area contributed by atoms with Gasteiger partial charge in [0.15, 0.2) is 0 Å². The third-order valence-corrected chi connectivity index (χ3v) is 5.75. The molecule has 0 aromatic carbocycles. The lowest BCUT2D eigenvalue weighted by atomic mass is 9.85. The smallest absolute Gasteiger partial charge is 0.334 e. The summed E-state index contributed by atoms with van der Waals surface area (Å²) in [4.78, 5) is 12.0. The topological polar surface area (TPSA) is 59.1 Å². The number of hydrogen-bond donors (Lipinski definition) is 1. The van der Waals surface area contributed by atoms with Gasteiger partial charge in [-0.2, -0.15) is 0 Å². The molecule has 2 heterocycles. The molecule has 0 amide bonds. The van der Waals surface area contributed by atoms with Crippen molar-refractivity contribution in [2.45, 2.75) is 76.8 Å². The maximum Gasteiger partial charge on any atom is 0.334 e. The maximum atomic E-state index is 12.0. The second-order valence-corrected chi connectivity index (χ2v) is 7.72. The summed E-state index contributed by atoms with van der Waals surface area (Å²) in [6.07, 6.45) is 7.61. The van der Waals surface area contributed by atoms with Gasteiger partial charge in [-0.3, -0.25) is 0 Å². The first-order valence-electron chi connectivity index (χ1n) is 8.88. The summed E-state index contributed by atoms with van der Waals surface area (Å²) in [7, 11) is 0. The molecule has 0 spiro atoms. The van der Waals surface area contributed by atoms with Crippen molar-refractivity contribution in [3.8, 4) is 0 Å². The van der Waals surface area contributed by atoms with Gasteiger partial charge in [-0.15, -0.1) is 0 Å². The molecule has 5 atom stereocenters. The molecule has 1 N–H and O–H groups in total. The van der Waals surface area contributed by atoms with Crippen LogP contribution in [0.25, 0.3) is 0 Å². The van der Waals surface area contributed by atoms with Crippen LogP contribution in [0, 0.1) is 5.92 Å². The Morgan fingerprint density at radius 2 is 2.08 bits per heavy atom. The quantitative estimate of drug-likeness (QED) is 0.319. The molecule has 0 bridgehead atoms. The van der Waals surface area contributed by atoms with E-state index < -0.39 is 6.10 Å². The van der Waals surface area contributed by atoms with Crippen molar-refractivity contribution in [1.82, 2.24) is 0 Å². The summed E-state index contributed by atoms with van der Waals surface area (Å²) in [5, 5.41) is 10.4. The number of aliphatic hydroxyl groups is 1. The fourth-order valence-corrected chi connectivity index (χ4v) is 3.80. The van der Waals surface area contributed by atoms with Crippen molar-refractivity contribution in [1.29, 1.82) is 0 Å². The van der Waals surface area contributed by atoms with Gasteiger partial charge in [-0.25, -0.2) is 4.79 Å². The number of hydrogen-bond acceptors (Lipinski definition) is 4. The van der Waals surface area contributed by atoms with E-state index in [1.165, 1.54) is 5.57 Å². The van der Waals surface area contributed by atoms with Crippen LogP contribution in [0.3, 0.4) is 0 Å². The Balaban J connectivity index is 1.82. The zero-order valence-electron chi connectivity index (χ0n) is 14.9. The second-order valence-electron chi connectivity index (χ2n) is 7.72. The molecule has 2 saturated heterocycles. The molecule has 0 unspecified atom stereocenters. The highest BCUT2D eigenvalue weighted by Crippen LogP contribution is 2.47. The van der Waals surface area contributed by atoms with E-state index in [0.717, 1.165) is 24.8 Å². The molecular formula is C20H28O4. The van der Waals surface area contributed by atoms with Crippen molar-refractivity contribution < 1.29 is 19.4 Å². The van der Waals surface area contributed by atoms with Crippen LogP contribution in [-0.4, -0.2) is 35.0 Å². The average molecular weight is 332 g/mol. The molecule has 3 rings (SSSR count). The predicted molar refractivity (Wildman–Crippen MR) is 92.4 cm³/mol. The molecule has 0 radical (unpaired) electrons. The molecule has 4 nitrogen and oxygen atoms in total. The van der Waals surface area contributed by atoms with Crippen LogP contribution < -0.4 is 0 Å². The molecule has 2 aliphatic heterocycles. The van der Waals surface area contributed by atoms with Gasteiger partial charge < -0.3 is 14.6 Å². The Bertz CT molecular complexity index is 603. The molecule has 132 valence electrons. The van der Waals surface area contributed by atoms with Crippen LogP contribution in [0.1, 0.15) is 52.9 Å². The largest absolute Gasteiger partial charge is 0.458 e. The number of ether oxygens (including phenoxy) is 2. The molecule has 24 heavy (non-hydrogen) atoms. The summed E-state index contributed by atoms with van der Waals surface area (Å²) in [5.41, 5.74) is 2.56. The van der Waals surface area contributed by atoms with Gasteiger partial charge in [0.2, 0.25) is 0 Å². The van der Waals surface area contributed by atoms with Gasteiger partial charge in [0, 0.05) is 24.3 Å². The van der Waals surface area contributed by atoms with Crippen LogP contribution in [-0.2, 0) is 14.3 Å². The van der Waals surface area contributed by atoms with Crippen molar-refractivity contribution in [2.75, 3.05) is 0 Å². The van der Waals surface area contributed by atoms with Gasteiger partial charge in [0.25, 0.3) is 0 Å². The predicted octanol–water partition coefficient (Wildman–Crippen LogP) is 3.46. The van der Waals surface area contributed by atoms with E-state index in [-0.39, 0.29) is 29.7 Å². The lowest BCUT2D eigenvalue weighted by Crippen LogP contribution is -2.26. The molecule has 1 aliphatic carbocycles. The normalized spacial score (nSPS) is 45.0. The van der Waals surface area contributed by atoms with Crippen LogP contribution in [0.4, 0.5) is 0 Å². The van der Waals surface area contributed by atoms with Crippen molar-refractivity contribution in [3.63, 3.8) is 0 Å². The number of epoxide rings is 1. The van der Waals surface area contributed by atoms with Gasteiger partial charge in [0.05, 0.1) is 17.8 Å². The van der Waals surface area contributed by atoms with E-state index in [9.17, 15) is 9.90 Å². The number of rotatable bonds is 0. The van der Waals surface area contributed by atoms with Gasteiger partial charge >= 0.3 is 5.97 Å². The second kappa shape index (κ2) is 6.49. The SMILES string of the molecule is C=C1C(=O)O[C@H]2C[C@@]3(C)O[C@@H]3C[C@H](O)/C(C)=C\CC/C(C)=C/C[C@H]12. The van der Waals surface area contributed by atoms with Gasteiger partial charge in [0.1, 0.15) is 6.10 Å². The first-order valence-corrected chi connectivity index (χ1v) is 8.88. The monoisotopic (exact) mass is 332 g/mol. The molecule has 4 heteroatoms. The third kappa shape index (κ3) is 3.50. The number of fused-ring (bicyclic) bond motifs is 2. The molecule has 0 aromatic rings. The fraction of sp³-hybridized carbons (Fsp3) is 0.650. The average Bonchev–Trinajstić information content (AvgIpc) is 3.05. The standard InChI is InChI=1S/C20H28O4/c1-12-6-5-7-13(2)16(21)10-18-20(4,24-18)11-17-15(9-8-12)14(3)19(22)23-17/h7-8,15-18,21H,3,5-6,9-11H2,1-2,4H3/b12-8+,13-7-/t15-,16+,17+,18-,20-/m1/s1. The van der Waals surface area contributed by atoms with Crippen molar-refractivity contribution in [3.05, 3.63) is 35.5 Å². The first-order chi connectivity index (χ1) is 11.3. The fourth-order valence-electron chi connectivity index (χ4n) is 3.80. The van der Waals surface area contributed by atoms with Crippen LogP contribution >= 0.6 is 0 Å². The Kier molecular flexibility index (Phi) is 4.71. The van der Waals surface area contributed by atoms with E-state index in [1.807, 2.05) is 13.8 Å². The number of aliphatic hydroxyl groups excluding tert-OH is 1. The first kappa shape index (κ1) is 17.4. The molecule has 0 aromatic heterocycles. The van der Waals surface area contributed by atoms with E-state index in [2.05, 4.69) is 25.7 Å². The summed E-state index contributed by atoms with van der Waals surface area (Å²) in [6.45, 7) is 10.1. The molecule has 3 aliphatic rings. The van der Waals surface area contributed by atoms with Crippen LogP contribution in [0.15, 0.2) is 35.5 Å². The number of carbonyl (C=O) groups is 1. The Hall–Kier alpha value is -1.39. The van der Waals surface area contributed by atoms with Crippen molar-refractivity contribution in [2.24, 2.45) is 5.92 Å². The summed E-state index contributed by atoms with van der Waals surface area (Å²) in [6, 6.07) is 0. The minimum absolute atomic E-state index is 0.0179. The minimum Gasteiger partial charge on any atom is -0.458 e. The maximum absolute atomic E-state index is 12.0. The molecular weight excluding hydrogens is 304 g/mol. The molecule has 2 fully saturated rings. The van der Waals surface area contributed by atoms with E-state index in [4.69, 9.17) is 9.47 Å². The zero-order chi connectivity index (χ0) is 17.5. The number of carbonyl (C=O) groups excluding carboxylic acids is 1. The van der Waals surface area contributed by atoms with Gasteiger partial charge in [-0.05, 0) is 45.6 Å². The Morgan fingerprint density at radius 1 is 1.33 bits per heavy atom. The Morgan fingerprint density at radius 3 is 2.83 bits per heavy atom. The summed E-state index contributed by atoms with van der Waals surface area (Å²) < 4.78 is 11.4. The molecule has 0 saturated carbocycles. The van der Waals surface area contributed by atoms with E-state index in [1.54, 1.807) is 0 Å². The third-order valence-electron chi connectivity index (χ3n) is 5.75. The highest BCUT2D eigenvalue weighted by molar-refractivity contribution is 5.90.